The summed E-state index contributed by atoms with van der Waals surface area (Å²) in [4.78, 5) is 25.0. The van der Waals surface area contributed by atoms with E-state index in [-0.39, 0.29) is 45.8 Å². The number of benzene rings is 2. The molecule has 0 saturated heterocycles. The third kappa shape index (κ3) is 11.7. The third-order valence-corrected chi connectivity index (χ3v) is 5.25. The number of carbonyl (C=O) groups is 2. The lowest BCUT2D eigenvalue weighted by Gasteiger charge is -2.23. The van der Waals surface area contributed by atoms with Gasteiger partial charge in [-0.1, -0.05) is 24.3 Å². The lowest BCUT2D eigenvalue weighted by molar-refractivity contribution is -0.174. The van der Waals surface area contributed by atoms with Crippen LogP contribution in [-0.4, -0.2) is 73.9 Å². The van der Waals surface area contributed by atoms with Crippen LogP contribution in [0.2, 0.25) is 0 Å². The van der Waals surface area contributed by atoms with Crippen molar-refractivity contribution < 1.29 is 60.0 Å². The molecule has 0 aliphatic heterocycles. The lowest BCUT2D eigenvalue weighted by Crippen LogP contribution is -2.38. The maximum Gasteiger partial charge on any atom is 0.419 e. The van der Waals surface area contributed by atoms with Crippen molar-refractivity contribution in [1.82, 2.24) is 4.90 Å². The fraction of sp³-hybridized carbons (Fsp3) is 0.462. The number of aliphatic carboxylic acids is 1. The summed E-state index contributed by atoms with van der Waals surface area (Å²) in [5.41, 5.74) is -0.497. The molecule has 0 bridgehead atoms. The van der Waals surface area contributed by atoms with Gasteiger partial charge in [0.1, 0.15) is 24.7 Å². The second kappa shape index (κ2) is 15.3. The van der Waals surface area contributed by atoms with Crippen LogP contribution in [0.5, 0.6) is 11.5 Å². The minimum atomic E-state index is -4.78. The van der Waals surface area contributed by atoms with E-state index in [9.17, 15) is 41.0 Å². The van der Waals surface area contributed by atoms with E-state index in [1.165, 1.54) is 6.07 Å². The molecule has 0 heterocycles. The molecule has 2 rings (SSSR count). The lowest BCUT2D eigenvalue weighted by atomic mass is 10.1. The van der Waals surface area contributed by atoms with Crippen LogP contribution in [0.15, 0.2) is 48.5 Å². The van der Waals surface area contributed by atoms with Gasteiger partial charge in [0.2, 0.25) is 0 Å². The van der Waals surface area contributed by atoms with Crippen LogP contribution in [-0.2, 0) is 26.9 Å². The molecule has 0 aliphatic carbocycles. The summed E-state index contributed by atoms with van der Waals surface area (Å²) in [5, 5.41) is 9.20. The van der Waals surface area contributed by atoms with Crippen molar-refractivity contribution in [3.05, 3.63) is 59.7 Å². The van der Waals surface area contributed by atoms with Crippen molar-refractivity contribution in [1.29, 1.82) is 0 Å². The molecule has 1 amide bonds. The summed E-state index contributed by atoms with van der Waals surface area (Å²) in [6.07, 6.45) is -11.4. The highest BCUT2D eigenvalue weighted by molar-refractivity contribution is 5.72. The summed E-state index contributed by atoms with van der Waals surface area (Å²) < 4.78 is 96.9. The molecule has 0 saturated carbocycles. The van der Waals surface area contributed by atoms with Gasteiger partial charge in [0.05, 0.1) is 12.1 Å². The van der Waals surface area contributed by atoms with Crippen LogP contribution in [0.3, 0.4) is 0 Å². The number of amides is 1. The highest BCUT2D eigenvalue weighted by atomic mass is 19.4. The first kappa shape index (κ1) is 32.7. The summed E-state index contributed by atoms with van der Waals surface area (Å²) in [7, 11) is 0. The summed E-state index contributed by atoms with van der Waals surface area (Å²) >= 11 is 0. The van der Waals surface area contributed by atoms with E-state index in [0.29, 0.717) is 11.3 Å². The SMILES string of the molecule is CCOC(Cc1ccc(OCCN(CCCOCC(F)(F)F)C(=O)Oc2ccccc2C(F)(F)F)cc1)C(=O)O. The number of carbonyl (C=O) groups excluding carboxylic acids is 1. The Morgan fingerprint density at radius 3 is 2.23 bits per heavy atom. The molecule has 1 N–H and O–H groups in total. The molecule has 2 aromatic rings. The molecular weight excluding hydrogens is 552 g/mol. The predicted octanol–water partition coefficient (Wildman–Crippen LogP) is 5.59. The minimum absolute atomic E-state index is 0.0502. The second-order valence-corrected chi connectivity index (χ2v) is 8.35. The Morgan fingerprint density at radius 2 is 1.62 bits per heavy atom. The van der Waals surface area contributed by atoms with Crippen molar-refractivity contribution in [2.45, 2.75) is 38.2 Å². The summed E-state index contributed by atoms with van der Waals surface area (Å²) in [5.74, 6) is -1.46. The van der Waals surface area contributed by atoms with Crippen molar-refractivity contribution in [2.24, 2.45) is 0 Å². The molecule has 0 aliphatic rings. The van der Waals surface area contributed by atoms with Crippen LogP contribution in [0.25, 0.3) is 0 Å². The first-order valence-corrected chi connectivity index (χ1v) is 12.1. The van der Waals surface area contributed by atoms with Crippen LogP contribution in [0.4, 0.5) is 31.1 Å². The van der Waals surface area contributed by atoms with E-state index in [4.69, 9.17) is 14.2 Å². The van der Waals surface area contributed by atoms with Crippen molar-refractivity contribution in [2.75, 3.05) is 39.5 Å². The average molecular weight is 582 g/mol. The fourth-order valence-corrected chi connectivity index (χ4v) is 3.42. The topological polar surface area (TPSA) is 94.5 Å². The Kier molecular flexibility index (Phi) is 12.5. The zero-order valence-corrected chi connectivity index (χ0v) is 21.5. The number of halogens is 6. The van der Waals surface area contributed by atoms with E-state index >= 15 is 0 Å². The number of alkyl halides is 6. The number of rotatable bonds is 15. The molecule has 40 heavy (non-hydrogen) atoms. The van der Waals surface area contributed by atoms with Crippen LogP contribution >= 0.6 is 0 Å². The largest absolute Gasteiger partial charge is 0.492 e. The highest BCUT2D eigenvalue weighted by Crippen LogP contribution is 2.36. The molecule has 0 radical (unpaired) electrons. The molecule has 0 aromatic heterocycles. The Balaban J connectivity index is 2.01. The van der Waals surface area contributed by atoms with Gasteiger partial charge in [-0.2, -0.15) is 26.3 Å². The zero-order chi connectivity index (χ0) is 29.8. The number of ether oxygens (including phenoxy) is 4. The van der Waals surface area contributed by atoms with Gasteiger partial charge in [-0.3, -0.25) is 0 Å². The summed E-state index contributed by atoms with van der Waals surface area (Å²) in [6, 6.07) is 10.5. The van der Waals surface area contributed by atoms with Gasteiger partial charge in [-0.25, -0.2) is 9.59 Å². The molecule has 14 heteroatoms. The fourth-order valence-electron chi connectivity index (χ4n) is 3.42. The number of carboxylic acids is 1. The molecule has 0 spiro atoms. The first-order chi connectivity index (χ1) is 18.8. The zero-order valence-electron chi connectivity index (χ0n) is 21.5. The summed E-state index contributed by atoms with van der Waals surface area (Å²) in [6.45, 7) is -0.406. The van der Waals surface area contributed by atoms with Crippen molar-refractivity contribution >= 4 is 12.1 Å². The Labute approximate surface area is 226 Å². The van der Waals surface area contributed by atoms with Gasteiger partial charge in [0.15, 0.2) is 6.10 Å². The van der Waals surface area contributed by atoms with Crippen LogP contribution in [0.1, 0.15) is 24.5 Å². The molecule has 0 fully saturated rings. The van der Waals surface area contributed by atoms with E-state index in [0.717, 1.165) is 23.1 Å². The minimum Gasteiger partial charge on any atom is -0.492 e. The molecule has 2 aromatic carbocycles. The molecule has 8 nitrogen and oxygen atoms in total. The van der Waals surface area contributed by atoms with Crippen molar-refractivity contribution in [3.63, 3.8) is 0 Å². The number of carboxylic acid groups (broad SMARTS) is 1. The standard InChI is InChI=1S/C26H29F6NO7/c1-2-38-22(23(34)35)16-18-8-10-19(11-9-18)39-15-13-33(12-5-14-37-17-25(27,28)29)24(36)40-21-7-4-3-6-20(21)26(30,31)32/h3-4,6-11,22H,2,5,12-17H2,1H3,(H,34,35). The van der Waals surface area contributed by atoms with E-state index < -0.39 is 48.4 Å². The Morgan fingerprint density at radius 1 is 0.950 bits per heavy atom. The third-order valence-electron chi connectivity index (χ3n) is 5.25. The van der Waals surface area contributed by atoms with Gasteiger partial charge in [-0.15, -0.1) is 0 Å². The second-order valence-electron chi connectivity index (χ2n) is 8.35. The van der Waals surface area contributed by atoms with E-state index in [1.807, 2.05) is 0 Å². The molecule has 1 unspecified atom stereocenters. The van der Waals surface area contributed by atoms with Crippen LogP contribution in [0, 0.1) is 0 Å². The van der Waals surface area contributed by atoms with Crippen LogP contribution < -0.4 is 9.47 Å². The number of para-hydroxylation sites is 1. The van der Waals surface area contributed by atoms with E-state index in [2.05, 4.69) is 4.74 Å². The Hall–Kier alpha value is -3.52. The molecular formula is C26H29F6NO7. The monoisotopic (exact) mass is 581 g/mol. The van der Waals surface area contributed by atoms with Gasteiger partial charge in [0.25, 0.3) is 0 Å². The maximum atomic E-state index is 13.3. The molecule has 1 atom stereocenters. The van der Waals surface area contributed by atoms with Gasteiger partial charge in [-0.05, 0) is 43.2 Å². The van der Waals surface area contributed by atoms with Gasteiger partial charge >= 0.3 is 24.4 Å². The Bertz CT molecular complexity index is 1080. The van der Waals surface area contributed by atoms with Gasteiger partial charge < -0.3 is 29.0 Å². The number of nitrogens with zero attached hydrogens (tertiary/aromatic N) is 1. The quantitative estimate of drug-likeness (QED) is 0.217. The number of hydrogen-bond acceptors (Lipinski definition) is 6. The predicted molar refractivity (Wildman–Crippen MR) is 129 cm³/mol. The normalized spacial score (nSPS) is 12.6. The first-order valence-electron chi connectivity index (χ1n) is 12.1. The highest BCUT2D eigenvalue weighted by Gasteiger charge is 2.35. The van der Waals surface area contributed by atoms with Crippen molar-refractivity contribution in [3.8, 4) is 11.5 Å². The van der Waals surface area contributed by atoms with Gasteiger partial charge in [0, 0.05) is 26.2 Å². The molecule has 222 valence electrons. The average Bonchev–Trinajstić information content (AvgIpc) is 2.87. The smallest absolute Gasteiger partial charge is 0.419 e. The maximum absolute atomic E-state index is 13.3. The van der Waals surface area contributed by atoms with E-state index in [1.54, 1.807) is 31.2 Å². The number of hydrogen-bond donors (Lipinski definition) is 1.